The smallest absolute Gasteiger partial charge is 0.323 e. The first-order valence-electron chi connectivity index (χ1n) is 9.73. The molecule has 0 N–H and O–H groups in total. The third-order valence-corrected chi connectivity index (χ3v) is 5.13. The van der Waals surface area contributed by atoms with Crippen molar-refractivity contribution in [3.8, 4) is 5.88 Å². The molecule has 0 radical (unpaired) electrons. The van der Waals surface area contributed by atoms with Gasteiger partial charge in [-0.25, -0.2) is 13.8 Å². The Kier molecular flexibility index (Phi) is 6.60. The van der Waals surface area contributed by atoms with Crippen molar-refractivity contribution in [1.29, 1.82) is 0 Å². The lowest BCUT2D eigenvalue weighted by molar-refractivity contribution is -0.162. The van der Waals surface area contributed by atoms with Crippen LogP contribution in [0.15, 0.2) is 42.0 Å². The summed E-state index contributed by atoms with van der Waals surface area (Å²) in [6.45, 7) is 2.90. The number of rotatable bonds is 6. The lowest BCUT2D eigenvalue weighted by atomic mass is 9.91. The van der Waals surface area contributed by atoms with E-state index in [1.165, 1.54) is 25.1 Å². The lowest BCUT2D eigenvalue weighted by Gasteiger charge is -2.31. The van der Waals surface area contributed by atoms with Gasteiger partial charge in [-0.15, -0.1) is 0 Å². The summed E-state index contributed by atoms with van der Waals surface area (Å²) < 4.78 is 53.3. The predicted octanol–water partition coefficient (Wildman–Crippen LogP) is 3.55. The number of hydrogen-bond donors (Lipinski definition) is 0. The van der Waals surface area contributed by atoms with Gasteiger partial charge in [0, 0.05) is 24.1 Å². The van der Waals surface area contributed by atoms with Crippen LogP contribution in [-0.4, -0.2) is 54.2 Å². The summed E-state index contributed by atoms with van der Waals surface area (Å²) in [6.07, 6.45) is 2.09. The van der Waals surface area contributed by atoms with Gasteiger partial charge in [-0.1, -0.05) is 6.07 Å². The van der Waals surface area contributed by atoms with Crippen molar-refractivity contribution in [2.24, 2.45) is 11.8 Å². The second kappa shape index (κ2) is 8.99. The van der Waals surface area contributed by atoms with E-state index in [9.17, 15) is 18.4 Å². The lowest BCUT2D eigenvalue weighted by Crippen LogP contribution is -2.45. The van der Waals surface area contributed by atoms with Gasteiger partial charge in [0.25, 0.3) is 5.85 Å². The molecule has 1 saturated heterocycles. The number of alkyl halides is 1. The molecular formula is C21H23F3N2O4. The Labute approximate surface area is 172 Å². The molecule has 2 atom stereocenters. The SMILES string of the molecule is CCOC(=O)C1C(F)=CC(F)=CC1(F)Oc1cccc(C(=O)C2CCN(C)CC2)n1. The topological polar surface area (TPSA) is 68.7 Å². The zero-order valence-electron chi connectivity index (χ0n) is 16.7. The molecule has 1 aromatic heterocycles. The first-order chi connectivity index (χ1) is 14.2. The van der Waals surface area contributed by atoms with Crippen molar-refractivity contribution in [2.45, 2.75) is 25.6 Å². The maximum Gasteiger partial charge on any atom is 0.323 e. The Morgan fingerprint density at radius 3 is 2.63 bits per heavy atom. The molecule has 30 heavy (non-hydrogen) atoms. The molecule has 1 aliphatic carbocycles. The molecule has 0 saturated carbocycles. The van der Waals surface area contributed by atoms with E-state index in [0.717, 1.165) is 13.1 Å². The molecule has 1 aliphatic heterocycles. The molecule has 162 valence electrons. The highest BCUT2D eigenvalue weighted by molar-refractivity contribution is 5.96. The van der Waals surface area contributed by atoms with Gasteiger partial charge < -0.3 is 14.4 Å². The van der Waals surface area contributed by atoms with E-state index >= 15 is 4.39 Å². The van der Waals surface area contributed by atoms with Crippen LogP contribution in [0.5, 0.6) is 5.88 Å². The van der Waals surface area contributed by atoms with Crippen LogP contribution < -0.4 is 4.74 Å². The first kappa shape index (κ1) is 22.0. The molecule has 0 spiro atoms. The number of esters is 1. The Hall–Kier alpha value is -2.68. The van der Waals surface area contributed by atoms with Gasteiger partial charge >= 0.3 is 5.97 Å². The standard InChI is InChI=1S/C21H23F3N2O4/c1-3-29-20(28)18-15(23)11-14(22)12-21(18,24)30-17-6-4-5-16(25-17)19(27)13-7-9-26(2)10-8-13/h4-6,11-13,18H,3,7-10H2,1-2H3. The van der Waals surface area contributed by atoms with E-state index in [4.69, 9.17) is 9.47 Å². The number of hydrogen-bond acceptors (Lipinski definition) is 6. The van der Waals surface area contributed by atoms with Crippen molar-refractivity contribution in [2.75, 3.05) is 26.7 Å². The summed E-state index contributed by atoms with van der Waals surface area (Å²) >= 11 is 0. The van der Waals surface area contributed by atoms with Gasteiger partial charge in [-0.05, 0) is 46.0 Å². The van der Waals surface area contributed by atoms with Gasteiger partial charge in [-0.2, -0.15) is 4.39 Å². The fourth-order valence-electron chi connectivity index (χ4n) is 3.55. The van der Waals surface area contributed by atoms with E-state index in [1.54, 1.807) is 0 Å². The van der Waals surface area contributed by atoms with Crippen LogP contribution >= 0.6 is 0 Å². The van der Waals surface area contributed by atoms with Gasteiger partial charge in [0.15, 0.2) is 11.7 Å². The number of aromatic nitrogens is 1. The number of Topliss-reactive ketones (excluding diaryl/α,β-unsaturated/α-hetero) is 1. The Balaban J connectivity index is 1.84. The summed E-state index contributed by atoms with van der Waals surface area (Å²) in [7, 11) is 1.97. The summed E-state index contributed by atoms with van der Waals surface area (Å²) in [5.74, 6) is -9.99. The number of likely N-dealkylation sites (tertiary alicyclic amines) is 1. The number of ether oxygens (including phenoxy) is 2. The van der Waals surface area contributed by atoms with Crippen molar-refractivity contribution >= 4 is 11.8 Å². The number of allylic oxidation sites excluding steroid dienone is 2. The number of carbonyl (C=O) groups is 2. The summed E-state index contributed by atoms with van der Waals surface area (Å²) in [5, 5.41) is 0. The molecule has 0 bridgehead atoms. The number of halogens is 3. The van der Waals surface area contributed by atoms with Gasteiger partial charge in [-0.3, -0.25) is 9.59 Å². The predicted molar refractivity (Wildman–Crippen MR) is 102 cm³/mol. The summed E-state index contributed by atoms with van der Waals surface area (Å²) in [4.78, 5) is 31.0. The second-order valence-corrected chi connectivity index (χ2v) is 7.35. The van der Waals surface area contributed by atoms with Crippen LogP contribution in [0, 0.1) is 11.8 Å². The molecule has 9 heteroatoms. The van der Waals surface area contributed by atoms with E-state index in [1.807, 2.05) is 7.05 Å². The largest absolute Gasteiger partial charge is 0.465 e. The zero-order chi connectivity index (χ0) is 21.9. The normalized spacial score (nSPS) is 25.3. The maximum absolute atomic E-state index is 15.5. The van der Waals surface area contributed by atoms with Crippen LogP contribution in [0.2, 0.25) is 0 Å². The van der Waals surface area contributed by atoms with Gasteiger partial charge in [0.2, 0.25) is 5.88 Å². The molecule has 0 aromatic carbocycles. The molecule has 2 unspecified atom stereocenters. The first-order valence-corrected chi connectivity index (χ1v) is 9.73. The van der Waals surface area contributed by atoms with E-state index in [2.05, 4.69) is 9.88 Å². The minimum Gasteiger partial charge on any atom is -0.465 e. The van der Waals surface area contributed by atoms with Crippen LogP contribution in [0.1, 0.15) is 30.3 Å². The van der Waals surface area contributed by atoms with E-state index in [-0.39, 0.29) is 29.9 Å². The molecule has 0 amide bonds. The molecule has 6 nitrogen and oxygen atoms in total. The van der Waals surface area contributed by atoms with E-state index in [0.29, 0.717) is 25.0 Å². The van der Waals surface area contributed by atoms with Crippen LogP contribution in [0.4, 0.5) is 13.2 Å². The van der Waals surface area contributed by atoms with Gasteiger partial charge in [0.05, 0.1) is 6.61 Å². The summed E-state index contributed by atoms with van der Waals surface area (Å²) in [5.41, 5.74) is 0.0645. The number of nitrogens with zero attached hydrogens (tertiary/aromatic N) is 2. The number of piperidine rings is 1. The Morgan fingerprint density at radius 2 is 1.97 bits per heavy atom. The maximum atomic E-state index is 15.5. The van der Waals surface area contributed by atoms with Crippen molar-refractivity contribution in [3.05, 3.63) is 47.7 Å². The number of carbonyl (C=O) groups excluding carboxylic acids is 2. The van der Waals surface area contributed by atoms with Crippen molar-refractivity contribution < 1.29 is 32.2 Å². The highest BCUT2D eigenvalue weighted by Crippen LogP contribution is 2.39. The minimum atomic E-state index is -3.20. The fourth-order valence-corrected chi connectivity index (χ4v) is 3.55. The number of pyridine rings is 1. The molecule has 2 aliphatic rings. The van der Waals surface area contributed by atoms with Crippen LogP contribution in [-0.2, 0) is 9.53 Å². The quantitative estimate of drug-likeness (QED) is 0.514. The van der Waals surface area contributed by atoms with Crippen LogP contribution in [0.3, 0.4) is 0 Å². The third kappa shape index (κ3) is 4.72. The molecule has 3 rings (SSSR count). The third-order valence-electron chi connectivity index (χ3n) is 5.13. The average Bonchev–Trinajstić information content (AvgIpc) is 2.67. The van der Waals surface area contributed by atoms with Crippen molar-refractivity contribution in [3.63, 3.8) is 0 Å². The molecule has 2 heterocycles. The second-order valence-electron chi connectivity index (χ2n) is 7.35. The minimum absolute atomic E-state index is 0.0645. The van der Waals surface area contributed by atoms with E-state index < -0.39 is 29.4 Å². The Morgan fingerprint density at radius 1 is 1.27 bits per heavy atom. The highest BCUT2D eigenvalue weighted by Gasteiger charge is 2.51. The molecule has 1 aromatic rings. The Bertz CT molecular complexity index is 881. The zero-order valence-corrected chi connectivity index (χ0v) is 16.7. The monoisotopic (exact) mass is 424 g/mol. The van der Waals surface area contributed by atoms with Crippen LogP contribution in [0.25, 0.3) is 0 Å². The van der Waals surface area contributed by atoms with Gasteiger partial charge in [0.1, 0.15) is 17.3 Å². The highest BCUT2D eigenvalue weighted by atomic mass is 19.2. The van der Waals surface area contributed by atoms with Crippen molar-refractivity contribution in [1.82, 2.24) is 9.88 Å². The number of ketones is 1. The summed E-state index contributed by atoms with van der Waals surface area (Å²) in [6, 6.07) is 4.15. The molecule has 1 fully saturated rings. The fraction of sp³-hybridized carbons (Fsp3) is 0.476. The molecular weight excluding hydrogens is 401 g/mol. The average molecular weight is 424 g/mol.